The zero-order valence-electron chi connectivity index (χ0n) is 7.78. The van der Waals surface area contributed by atoms with E-state index in [1.165, 1.54) is 12.4 Å². The van der Waals surface area contributed by atoms with Gasteiger partial charge in [-0.05, 0) is 28.1 Å². The highest BCUT2D eigenvalue weighted by molar-refractivity contribution is 9.10. The zero-order chi connectivity index (χ0) is 11.5. The van der Waals surface area contributed by atoms with Crippen molar-refractivity contribution in [3.05, 3.63) is 40.1 Å². The van der Waals surface area contributed by atoms with Crippen molar-refractivity contribution in [3.63, 3.8) is 0 Å². The van der Waals surface area contributed by atoms with E-state index in [1.54, 1.807) is 12.1 Å². The lowest BCUT2D eigenvalue weighted by Crippen LogP contribution is -2.12. The molecule has 0 saturated carbocycles. The van der Waals surface area contributed by atoms with Gasteiger partial charge in [0.15, 0.2) is 10.4 Å². The number of anilines is 1. The molecule has 0 aliphatic carbocycles. The second kappa shape index (κ2) is 4.63. The molecular weight excluding hydrogens is 297 g/mol. The van der Waals surface area contributed by atoms with Crippen LogP contribution >= 0.6 is 27.5 Å². The van der Waals surface area contributed by atoms with Crippen molar-refractivity contribution in [1.82, 2.24) is 9.97 Å². The molecule has 2 aromatic heterocycles. The standard InChI is InChI=1S/C9H5BrClN3O2/c10-6-2-1-5(16-6)9(15)14-8-3-7(11)12-4-13-8/h1-4H,(H,12,13,14,15). The number of aromatic nitrogens is 2. The van der Waals surface area contributed by atoms with Crippen LogP contribution in [-0.4, -0.2) is 15.9 Å². The Morgan fingerprint density at radius 1 is 1.44 bits per heavy atom. The van der Waals surface area contributed by atoms with E-state index >= 15 is 0 Å². The lowest BCUT2D eigenvalue weighted by atomic mass is 10.4. The monoisotopic (exact) mass is 301 g/mol. The van der Waals surface area contributed by atoms with Crippen LogP contribution in [0.1, 0.15) is 10.6 Å². The third-order valence-corrected chi connectivity index (χ3v) is 2.31. The molecule has 0 radical (unpaired) electrons. The second-order valence-corrected chi connectivity index (χ2v) is 3.95. The van der Waals surface area contributed by atoms with Crippen LogP contribution in [0.3, 0.4) is 0 Å². The molecule has 7 heteroatoms. The van der Waals surface area contributed by atoms with Gasteiger partial charge < -0.3 is 9.73 Å². The van der Waals surface area contributed by atoms with Crippen LogP contribution in [0.2, 0.25) is 5.15 Å². The molecule has 2 aromatic rings. The van der Waals surface area contributed by atoms with Crippen LogP contribution in [0.5, 0.6) is 0 Å². The average Bonchev–Trinajstić information content (AvgIpc) is 2.65. The van der Waals surface area contributed by atoms with E-state index in [1.807, 2.05) is 0 Å². The fourth-order valence-electron chi connectivity index (χ4n) is 1.02. The van der Waals surface area contributed by atoms with E-state index in [4.69, 9.17) is 16.0 Å². The van der Waals surface area contributed by atoms with Crippen LogP contribution in [0.4, 0.5) is 5.82 Å². The molecule has 0 saturated heterocycles. The first-order valence-electron chi connectivity index (χ1n) is 4.19. The topological polar surface area (TPSA) is 68.0 Å². The van der Waals surface area contributed by atoms with Gasteiger partial charge in [0.05, 0.1) is 0 Å². The van der Waals surface area contributed by atoms with Gasteiger partial charge in [-0.3, -0.25) is 4.79 Å². The van der Waals surface area contributed by atoms with E-state index in [2.05, 4.69) is 31.2 Å². The molecule has 0 spiro atoms. The van der Waals surface area contributed by atoms with Crippen molar-refractivity contribution in [2.75, 3.05) is 5.32 Å². The third-order valence-electron chi connectivity index (χ3n) is 1.67. The molecule has 5 nitrogen and oxygen atoms in total. The van der Waals surface area contributed by atoms with Gasteiger partial charge >= 0.3 is 0 Å². The molecule has 0 unspecified atom stereocenters. The number of rotatable bonds is 2. The van der Waals surface area contributed by atoms with Gasteiger partial charge in [-0.25, -0.2) is 9.97 Å². The number of hydrogen-bond donors (Lipinski definition) is 1. The number of halogens is 2. The normalized spacial score (nSPS) is 10.1. The highest BCUT2D eigenvalue weighted by Crippen LogP contribution is 2.15. The largest absolute Gasteiger partial charge is 0.444 e. The highest BCUT2D eigenvalue weighted by Gasteiger charge is 2.11. The zero-order valence-corrected chi connectivity index (χ0v) is 10.1. The second-order valence-electron chi connectivity index (χ2n) is 2.78. The molecule has 16 heavy (non-hydrogen) atoms. The lowest BCUT2D eigenvalue weighted by Gasteiger charge is -2.01. The Morgan fingerprint density at radius 2 is 2.25 bits per heavy atom. The minimum Gasteiger partial charge on any atom is -0.444 e. The Kier molecular flexibility index (Phi) is 3.21. The summed E-state index contributed by atoms with van der Waals surface area (Å²) >= 11 is 8.75. The smallest absolute Gasteiger partial charge is 0.292 e. The Labute approximate surface area is 104 Å². The fraction of sp³-hybridized carbons (Fsp3) is 0. The first-order chi connectivity index (χ1) is 7.65. The minimum atomic E-state index is -0.402. The summed E-state index contributed by atoms with van der Waals surface area (Å²) in [5, 5.41) is 2.78. The Hall–Kier alpha value is -1.40. The molecule has 0 fully saturated rings. The summed E-state index contributed by atoms with van der Waals surface area (Å²) in [7, 11) is 0. The van der Waals surface area contributed by atoms with Gasteiger partial charge in [0.25, 0.3) is 5.91 Å². The van der Waals surface area contributed by atoms with Gasteiger partial charge in [-0.2, -0.15) is 0 Å². The van der Waals surface area contributed by atoms with Crippen LogP contribution in [0, 0.1) is 0 Å². The maximum absolute atomic E-state index is 11.6. The van der Waals surface area contributed by atoms with Crippen molar-refractivity contribution < 1.29 is 9.21 Å². The number of hydrogen-bond acceptors (Lipinski definition) is 4. The fourth-order valence-corrected chi connectivity index (χ4v) is 1.47. The average molecular weight is 303 g/mol. The summed E-state index contributed by atoms with van der Waals surface area (Å²) in [6, 6.07) is 4.61. The van der Waals surface area contributed by atoms with Gasteiger partial charge in [0.1, 0.15) is 17.3 Å². The molecule has 0 atom stereocenters. The van der Waals surface area contributed by atoms with E-state index in [9.17, 15) is 4.79 Å². The van der Waals surface area contributed by atoms with Crippen LogP contribution in [0.15, 0.2) is 33.6 Å². The SMILES string of the molecule is O=C(Nc1cc(Cl)ncn1)c1ccc(Br)o1. The van der Waals surface area contributed by atoms with Gasteiger partial charge in [-0.15, -0.1) is 0 Å². The van der Waals surface area contributed by atoms with Crippen molar-refractivity contribution in [2.45, 2.75) is 0 Å². The maximum atomic E-state index is 11.6. The third kappa shape index (κ3) is 2.59. The van der Waals surface area contributed by atoms with Crippen molar-refractivity contribution in [2.24, 2.45) is 0 Å². The quantitative estimate of drug-likeness (QED) is 0.866. The molecule has 0 aliphatic heterocycles. The number of furan rings is 1. The number of nitrogens with zero attached hydrogens (tertiary/aromatic N) is 2. The molecule has 0 aliphatic rings. The maximum Gasteiger partial charge on any atom is 0.292 e. The first-order valence-corrected chi connectivity index (χ1v) is 5.36. The van der Waals surface area contributed by atoms with E-state index in [-0.39, 0.29) is 10.9 Å². The molecule has 82 valence electrons. The molecule has 2 rings (SSSR count). The lowest BCUT2D eigenvalue weighted by molar-refractivity contribution is 0.0995. The highest BCUT2D eigenvalue weighted by atomic mass is 79.9. The molecular formula is C9H5BrClN3O2. The van der Waals surface area contributed by atoms with Crippen LogP contribution in [-0.2, 0) is 0 Å². The molecule has 2 heterocycles. The van der Waals surface area contributed by atoms with Crippen molar-refractivity contribution in [3.8, 4) is 0 Å². The predicted molar refractivity (Wildman–Crippen MR) is 61.4 cm³/mol. The van der Waals surface area contributed by atoms with Gasteiger partial charge in [0, 0.05) is 6.07 Å². The number of amides is 1. The summed E-state index contributed by atoms with van der Waals surface area (Å²) in [6.07, 6.45) is 1.26. The summed E-state index contributed by atoms with van der Waals surface area (Å²) in [6.45, 7) is 0. The summed E-state index contributed by atoms with van der Waals surface area (Å²) in [5.74, 6) is 0.0969. The first kappa shape index (κ1) is 11.1. The Morgan fingerprint density at radius 3 is 2.88 bits per heavy atom. The Bertz CT molecular complexity index is 529. The van der Waals surface area contributed by atoms with Crippen molar-refractivity contribution >= 4 is 39.3 Å². The number of carbonyl (C=O) groups is 1. The molecule has 1 amide bonds. The van der Waals surface area contributed by atoms with Gasteiger partial charge in [0.2, 0.25) is 0 Å². The van der Waals surface area contributed by atoms with Crippen LogP contribution < -0.4 is 5.32 Å². The predicted octanol–water partition coefficient (Wildman–Crippen LogP) is 2.74. The van der Waals surface area contributed by atoms with E-state index in [0.717, 1.165) is 0 Å². The summed E-state index contributed by atoms with van der Waals surface area (Å²) in [4.78, 5) is 19.1. The minimum absolute atomic E-state index is 0.182. The van der Waals surface area contributed by atoms with Crippen LogP contribution in [0.25, 0.3) is 0 Å². The molecule has 1 N–H and O–H groups in total. The van der Waals surface area contributed by atoms with E-state index < -0.39 is 5.91 Å². The summed E-state index contributed by atoms with van der Waals surface area (Å²) < 4.78 is 5.56. The van der Waals surface area contributed by atoms with Gasteiger partial charge in [-0.1, -0.05) is 11.6 Å². The number of nitrogens with one attached hydrogen (secondary N) is 1. The van der Waals surface area contributed by atoms with E-state index in [0.29, 0.717) is 10.5 Å². The Balaban J connectivity index is 2.13. The molecule has 0 aromatic carbocycles. The summed E-state index contributed by atoms with van der Waals surface area (Å²) in [5.41, 5.74) is 0. The van der Waals surface area contributed by atoms with Crippen molar-refractivity contribution in [1.29, 1.82) is 0 Å². The number of carbonyl (C=O) groups excluding carboxylic acids is 1. The molecule has 0 bridgehead atoms.